The molecule has 180 valence electrons. The number of thiocarbonyl (C=S) groups is 1. The molecule has 5 rings (SSSR count). The van der Waals surface area contributed by atoms with Gasteiger partial charge in [-0.2, -0.15) is 20.0 Å². The van der Waals surface area contributed by atoms with E-state index in [1.165, 1.54) is 28.1 Å². The van der Waals surface area contributed by atoms with Gasteiger partial charge in [0.25, 0.3) is 5.91 Å². The van der Waals surface area contributed by atoms with Crippen LogP contribution >= 0.6 is 51.2 Å². The van der Waals surface area contributed by atoms with Gasteiger partial charge in [0, 0.05) is 26.5 Å². The Morgan fingerprint density at radius 2 is 1.83 bits per heavy atom. The molecule has 4 N–H and O–H groups in total. The van der Waals surface area contributed by atoms with Gasteiger partial charge in [-0.25, -0.2) is 0 Å². The molecule has 1 aromatic carbocycles. The number of amides is 1. The molecule has 2 fully saturated rings. The molecule has 2 aromatic heterocycles. The SMILES string of the molecule is O=C1/C(=C/c2cc(Br)cs2)SC(=S)N1Nc1nc(Nc2ccc(O)cc2)nc(NC2CCCC2)n1. The highest BCUT2D eigenvalue weighted by Gasteiger charge is 2.33. The van der Waals surface area contributed by atoms with E-state index in [-0.39, 0.29) is 29.6 Å². The van der Waals surface area contributed by atoms with Crippen molar-refractivity contribution < 1.29 is 9.90 Å². The first-order valence-electron chi connectivity index (χ1n) is 10.8. The Bertz CT molecular complexity index is 1290. The summed E-state index contributed by atoms with van der Waals surface area (Å²) in [5, 5.41) is 19.3. The first-order chi connectivity index (χ1) is 16.9. The molecule has 1 amide bonds. The minimum atomic E-state index is -0.275. The van der Waals surface area contributed by atoms with E-state index in [1.54, 1.807) is 24.3 Å². The second-order valence-electron chi connectivity index (χ2n) is 7.90. The van der Waals surface area contributed by atoms with E-state index in [9.17, 15) is 9.90 Å². The number of hydrogen-bond acceptors (Lipinski definition) is 11. The van der Waals surface area contributed by atoms with Crippen molar-refractivity contribution >= 4 is 91.1 Å². The number of halogens is 1. The third-order valence-electron chi connectivity index (χ3n) is 5.31. The molecule has 3 aromatic rings. The summed E-state index contributed by atoms with van der Waals surface area (Å²) in [6.07, 6.45) is 6.24. The predicted octanol–water partition coefficient (Wildman–Crippen LogP) is 5.73. The molecule has 1 aliphatic heterocycles. The Hall–Kier alpha value is -2.74. The number of benzene rings is 1. The maximum Gasteiger partial charge on any atom is 0.285 e. The van der Waals surface area contributed by atoms with E-state index >= 15 is 0 Å². The number of thioether (sulfide) groups is 1. The molecule has 0 spiro atoms. The van der Waals surface area contributed by atoms with E-state index < -0.39 is 0 Å². The number of carbonyl (C=O) groups is 1. The number of nitrogens with one attached hydrogen (secondary N) is 3. The number of rotatable bonds is 7. The highest BCUT2D eigenvalue weighted by Crippen LogP contribution is 2.34. The van der Waals surface area contributed by atoms with Crippen molar-refractivity contribution in [2.45, 2.75) is 31.7 Å². The highest BCUT2D eigenvalue weighted by molar-refractivity contribution is 9.10. The molecular weight excluding hydrogens is 570 g/mol. The van der Waals surface area contributed by atoms with Crippen LogP contribution in [0.5, 0.6) is 5.75 Å². The standard InChI is InChI=1S/C22H20BrN7O2S3/c23-12-9-16(34-11-12)10-17-18(32)30(22(33)35-17)29-21-27-19(24-13-3-1-2-4-13)26-20(28-21)25-14-5-7-15(31)8-6-14/h5-11,13,31H,1-4H2,(H3,24,25,26,27,28,29)/b17-10-. The number of hydrazine groups is 1. The summed E-state index contributed by atoms with van der Waals surface area (Å²) in [7, 11) is 0. The van der Waals surface area contributed by atoms with E-state index in [1.807, 2.05) is 17.5 Å². The minimum Gasteiger partial charge on any atom is -0.508 e. The Labute approximate surface area is 223 Å². The summed E-state index contributed by atoms with van der Waals surface area (Å²) in [5.74, 6) is 0.758. The van der Waals surface area contributed by atoms with Crippen molar-refractivity contribution in [3.05, 3.63) is 50.0 Å². The number of aromatic nitrogens is 3. The monoisotopic (exact) mass is 589 g/mol. The Morgan fingerprint density at radius 3 is 2.54 bits per heavy atom. The second-order valence-corrected chi connectivity index (χ2v) is 11.4. The first-order valence-corrected chi connectivity index (χ1v) is 13.7. The van der Waals surface area contributed by atoms with Crippen molar-refractivity contribution in [1.29, 1.82) is 0 Å². The molecule has 2 aliphatic rings. The Balaban J connectivity index is 1.39. The van der Waals surface area contributed by atoms with Crippen LogP contribution < -0.4 is 16.1 Å². The van der Waals surface area contributed by atoms with E-state index in [4.69, 9.17) is 12.2 Å². The predicted molar refractivity (Wildman–Crippen MR) is 148 cm³/mol. The number of hydrogen-bond donors (Lipinski definition) is 4. The second kappa shape index (κ2) is 10.5. The number of anilines is 4. The summed E-state index contributed by atoms with van der Waals surface area (Å²) in [4.78, 5) is 27.9. The number of thiophene rings is 1. The van der Waals surface area contributed by atoms with Crippen molar-refractivity contribution in [3.8, 4) is 5.75 Å². The maximum absolute atomic E-state index is 13.1. The normalized spacial score (nSPS) is 17.4. The van der Waals surface area contributed by atoms with Crippen LogP contribution in [0.25, 0.3) is 6.08 Å². The summed E-state index contributed by atoms with van der Waals surface area (Å²) in [6, 6.07) is 8.80. The zero-order chi connectivity index (χ0) is 24.4. The van der Waals surface area contributed by atoms with Crippen molar-refractivity contribution in [3.63, 3.8) is 0 Å². The van der Waals surface area contributed by atoms with Crippen LogP contribution in [0.4, 0.5) is 23.5 Å². The number of carbonyl (C=O) groups excluding carboxylic acids is 1. The fraction of sp³-hybridized carbons (Fsp3) is 0.227. The van der Waals surface area contributed by atoms with Gasteiger partial charge in [0.05, 0.1) is 4.91 Å². The average molecular weight is 591 g/mol. The number of phenolic OH excluding ortho intramolecular Hbond substituents is 1. The van der Waals surface area contributed by atoms with Crippen LogP contribution in [-0.2, 0) is 4.79 Å². The van der Waals surface area contributed by atoms with Gasteiger partial charge in [0.2, 0.25) is 17.8 Å². The zero-order valence-electron chi connectivity index (χ0n) is 18.2. The smallest absolute Gasteiger partial charge is 0.285 e. The maximum atomic E-state index is 13.1. The van der Waals surface area contributed by atoms with Gasteiger partial charge in [-0.15, -0.1) is 11.3 Å². The third-order valence-corrected chi connectivity index (χ3v) is 8.26. The quantitative estimate of drug-likeness (QED) is 0.155. The van der Waals surface area contributed by atoms with Crippen molar-refractivity contribution in [2.75, 3.05) is 16.1 Å². The van der Waals surface area contributed by atoms with E-state index in [0.29, 0.717) is 20.9 Å². The van der Waals surface area contributed by atoms with Gasteiger partial charge in [-0.3, -0.25) is 10.2 Å². The molecule has 0 unspecified atom stereocenters. The molecule has 1 saturated heterocycles. The van der Waals surface area contributed by atoms with Gasteiger partial charge in [0.15, 0.2) is 4.32 Å². The molecule has 13 heteroatoms. The molecule has 35 heavy (non-hydrogen) atoms. The van der Waals surface area contributed by atoms with Gasteiger partial charge in [-0.05, 0) is 77.4 Å². The lowest BCUT2D eigenvalue weighted by Gasteiger charge is -2.18. The van der Waals surface area contributed by atoms with E-state index in [2.05, 4.69) is 46.9 Å². The van der Waals surface area contributed by atoms with Crippen LogP contribution in [0.1, 0.15) is 30.6 Å². The van der Waals surface area contributed by atoms with Gasteiger partial charge >= 0.3 is 0 Å². The Morgan fingerprint density at radius 1 is 1.11 bits per heavy atom. The van der Waals surface area contributed by atoms with Gasteiger partial charge < -0.3 is 15.7 Å². The van der Waals surface area contributed by atoms with Crippen LogP contribution in [-0.4, -0.2) is 41.3 Å². The van der Waals surface area contributed by atoms with Crippen LogP contribution in [0, 0.1) is 0 Å². The van der Waals surface area contributed by atoms with Crippen LogP contribution in [0.2, 0.25) is 0 Å². The lowest BCUT2D eigenvalue weighted by molar-refractivity contribution is -0.121. The zero-order valence-corrected chi connectivity index (χ0v) is 22.2. The topological polar surface area (TPSA) is 115 Å². The molecule has 0 radical (unpaired) electrons. The molecule has 3 heterocycles. The fourth-order valence-corrected chi connectivity index (χ4v) is 6.29. The van der Waals surface area contributed by atoms with Gasteiger partial charge in [0.1, 0.15) is 5.75 Å². The lowest BCUT2D eigenvalue weighted by atomic mass is 10.3. The summed E-state index contributed by atoms with van der Waals surface area (Å²) in [5.41, 5.74) is 3.65. The number of nitrogens with zero attached hydrogens (tertiary/aromatic N) is 4. The molecular formula is C22H20BrN7O2S3. The van der Waals surface area contributed by atoms with Crippen LogP contribution in [0.3, 0.4) is 0 Å². The van der Waals surface area contributed by atoms with Crippen molar-refractivity contribution in [2.24, 2.45) is 0 Å². The first kappa shape index (κ1) is 24.0. The highest BCUT2D eigenvalue weighted by atomic mass is 79.9. The summed E-state index contributed by atoms with van der Waals surface area (Å²) in [6.45, 7) is 0. The number of phenols is 1. The average Bonchev–Trinajstić information content (AvgIpc) is 3.54. The third kappa shape index (κ3) is 5.92. The minimum absolute atomic E-state index is 0.162. The molecule has 0 atom stereocenters. The van der Waals surface area contributed by atoms with Gasteiger partial charge in [-0.1, -0.05) is 24.6 Å². The Kier molecular flexibility index (Phi) is 7.18. The van der Waals surface area contributed by atoms with Crippen LogP contribution in [0.15, 0.2) is 45.1 Å². The summed E-state index contributed by atoms with van der Waals surface area (Å²) < 4.78 is 1.32. The largest absolute Gasteiger partial charge is 0.508 e. The summed E-state index contributed by atoms with van der Waals surface area (Å²) >= 11 is 11.6. The molecule has 0 bridgehead atoms. The molecule has 1 aliphatic carbocycles. The lowest BCUT2D eigenvalue weighted by Crippen LogP contribution is -2.35. The van der Waals surface area contributed by atoms with E-state index in [0.717, 1.165) is 35.0 Å². The van der Waals surface area contributed by atoms with Crippen molar-refractivity contribution in [1.82, 2.24) is 20.0 Å². The fourth-order valence-electron chi connectivity index (χ4n) is 3.67. The number of aromatic hydroxyl groups is 1. The molecule has 1 saturated carbocycles. The molecule has 9 nitrogen and oxygen atoms in total.